The number of benzene rings is 1. The van der Waals surface area contributed by atoms with Crippen LogP contribution in [0.4, 0.5) is 0 Å². The van der Waals surface area contributed by atoms with Gasteiger partial charge in [-0.1, -0.05) is 0 Å². The predicted octanol–water partition coefficient (Wildman–Crippen LogP) is 0.870. The molecule has 0 fully saturated rings. The van der Waals surface area contributed by atoms with Crippen LogP contribution in [0.25, 0.3) is 0 Å². The van der Waals surface area contributed by atoms with Gasteiger partial charge in [-0.2, -0.15) is 5.10 Å². The van der Waals surface area contributed by atoms with Crippen LogP contribution >= 0.6 is 0 Å². The van der Waals surface area contributed by atoms with Crippen LogP contribution in [0.2, 0.25) is 0 Å². The van der Waals surface area contributed by atoms with Gasteiger partial charge in [0, 0.05) is 5.56 Å². The fraction of sp³-hybridized carbons (Fsp3) is 0.273. The first-order valence-electron chi connectivity index (χ1n) is 5.09. The Morgan fingerprint density at radius 3 is 2.71 bits per heavy atom. The van der Waals surface area contributed by atoms with Gasteiger partial charge < -0.3 is 15.2 Å². The monoisotopic (exact) mass is 234 g/mol. The molecule has 6 nitrogen and oxygen atoms in total. The number of nitrogens with zero attached hydrogens (tertiary/aromatic N) is 2. The summed E-state index contributed by atoms with van der Waals surface area (Å²) >= 11 is 0. The Labute approximate surface area is 98.8 Å². The van der Waals surface area contributed by atoms with Gasteiger partial charge in [0.05, 0.1) is 20.3 Å². The molecule has 1 atom stereocenters. The molecular formula is C11H14N4O2. The highest BCUT2D eigenvalue weighted by atomic mass is 16.5. The molecule has 1 aromatic heterocycles. The first-order valence-corrected chi connectivity index (χ1v) is 5.09. The van der Waals surface area contributed by atoms with Crippen LogP contribution in [-0.2, 0) is 0 Å². The zero-order valence-electron chi connectivity index (χ0n) is 9.68. The Kier molecular flexibility index (Phi) is 3.24. The van der Waals surface area contributed by atoms with Crippen molar-refractivity contribution in [2.75, 3.05) is 14.2 Å². The van der Waals surface area contributed by atoms with E-state index in [9.17, 15) is 0 Å². The summed E-state index contributed by atoms with van der Waals surface area (Å²) in [5.41, 5.74) is 6.89. The molecule has 90 valence electrons. The lowest BCUT2D eigenvalue weighted by Gasteiger charge is -2.14. The zero-order valence-corrected chi connectivity index (χ0v) is 9.68. The normalized spacial score (nSPS) is 12.2. The molecule has 1 aromatic carbocycles. The molecule has 1 heterocycles. The van der Waals surface area contributed by atoms with Gasteiger partial charge in [-0.3, -0.25) is 5.10 Å². The first-order chi connectivity index (χ1) is 8.26. The zero-order chi connectivity index (χ0) is 12.3. The number of ether oxygens (including phenoxy) is 2. The highest BCUT2D eigenvalue weighted by molar-refractivity contribution is 5.43. The number of H-pyrrole nitrogens is 1. The lowest BCUT2D eigenvalue weighted by Crippen LogP contribution is -2.15. The maximum Gasteiger partial charge on any atom is 0.145 e. The molecule has 2 rings (SSSR count). The van der Waals surface area contributed by atoms with Crippen LogP contribution < -0.4 is 15.2 Å². The van der Waals surface area contributed by atoms with Crippen molar-refractivity contribution in [2.24, 2.45) is 5.73 Å². The molecule has 0 aliphatic rings. The molecule has 0 saturated heterocycles. The summed E-state index contributed by atoms with van der Waals surface area (Å²) in [4.78, 5) is 4.04. The SMILES string of the molecule is COc1ccc(OC)c(C(N)c2ncn[nH]2)c1. The molecule has 1 unspecified atom stereocenters. The molecule has 0 bridgehead atoms. The van der Waals surface area contributed by atoms with Crippen LogP contribution in [-0.4, -0.2) is 29.4 Å². The van der Waals surface area contributed by atoms with E-state index < -0.39 is 6.04 Å². The summed E-state index contributed by atoms with van der Waals surface area (Å²) < 4.78 is 10.4. The third kappa shape index (κ3) is 2.21. The van der Waals surface area contributed by atoms with E-state index in [1.807, 2.05) is 18.2 Å². The van der Waals surface area contributed by atoms with Crippen molar-refractivity contribution >= 4 is 0 Å². The van der Waals surface area contributed by atoms with Crippen LogP contribution in [0.5, 0.6) is 11.5 Å². The number of nitrogens with one attached hydrogen (secondary N) is 1. The maximum absolute atomic E-state index is 6.09. The van der Waals surface area contributed by atoms with E-state index in [0.717, 1.165) is 11.3 Å². The summed E-state index contributed by atoms with van der Waals surface area (Å²) in [5.74, 6) is 1.99. The van der Waals surface area contributed by atoms with Gasteiger partial charge in [-0.15, -0.1) is 0 Å². The Hall–Kier alpha value is -2.08. The van der Waals surface area contributed by atoms with Crippen LogP contribution in [0.1, 0.15) is 17.4 Å². The van der Waals surface area contributed by atoms with E-state index in [0.29, 0.717) is 11.6 Å². The van der Waals surface area contributed by atoms with Gasteiger partial charge in [-0.25, -0.2) is 4.98 Å². The van der Waals surface area contributed by atoms with Crippen molar-refractivity contribution in [1.29, 1.82) is 0 Å². The van der Waals surface area contributed by atoms with Crippen LogP contribution in [0.15, 0.2) is 24.5 Å². The molecule has 0 spiro atoms. The standard InChI is InChI=1S/C11H14N4O2/c1-16-7-3-4-9(17-2)8(5-7)10(12)11-13-6-14-15-11/h3-6,10H,12H2,1-2H3,(H,13,14,15). The topological polar surface area (TPSA) is 86.1 Å². The summed E-state index contributed by atoms with van der Waals surface area (Å²) in [6.07, 6.45) is 1.42. The Balaban J connectivity index is 2.41. The van der Waals surface area contributed by atoms with Crippen molar-refractivity contribution in [2.45, 2.75) is 6.04 Å². The summed E-state index contributed by atoms with van der Waals surface area (Å²) in [5, 5.41) is 6.52. The highest BCUT2D eigenvalue weighted by Gasteiger charge is 2.17. The third-order valence-corrected chi connectivity index (χ3v) is 2.50. The summed E-state index contributed by atoms with van der Waals surface area (Å²) in [7, 11) is 3.20. The van der Waals surface area contributed by atoms with Crippen molar-refractivity contribution in [3.05, 3.63) is 35.9 Å². The average Bonchev–Trinajstić information content (AvgIpc) is 2.91. The predicted molar refractivity (Wildman–Crippen MR) is 62.0 cm³/mol. The lowest BCUT2D eigenvalue weighted by molar-refractivity contribution is 0.396. The number of nitrogens with two attached hydrogens (primary N) is 1. The second kappa shape index (κ2) is 4.84. The molecule has 6 heteroatoms. The minimum Gasteiger partial charge on any atom is -0.497 e. The Morgan fingerprint density at radius 1 is 1.29 bits per heavy atom. The van der Waals surface area contributed by atoms with E-state index in [4.69, 9.17) is 15.2 Å². The lowest BCUT2D eigenvalue weighted by atomic mass is 10.1. The van der Waals surface area contributed by atoms with Crippen molar-refractivity contribution in [1.82, 2.24) is 15.2 Å². The third-order valence-electron chi connectivity index (χ3n) is 2.50. The van der Waals surface area contributed by atoms with Gasteiger partial charge in [0.1, 0.15) is 23.7 Å². The molecule has 2 aromatic rings. The van der Waals surface area contributed by atoms with Gasteiger partial charge >= 0.3 is 0 Å². The quantitative estimate of drug-likeness (QED) is 0.819. The molecule has 17 heavy (non-hydrogen) atoms. The minimum atomic E-state index is -0.428. The summed E-state index contributed by atoms with van der Waals surface area (Å²) in [6.45, 7) is 0. The number of methoxy groups -OCH3 is 2. The van der Waals surface area contributed by atoms with Gasteiger partial charge in [0.25, 0.3) is 0 Å². The number of aromatic amines is 1. The van der Waals surface area contributed by atoms with Gasteiger partial charge in [0.2, 0.25) is 0 Å². The van der Waals surface area contributed by atoms with Gasteiger partial charge in [0.15, 0.2) is 0 Å². The fourth-order valence-electron chi connectivity index (χ4n) is 1.59. The van der Waals surface area contributed by atoms with Crippen LogP contribution in [0.3, 0.4) is 0 Å². The van der Waals surface area contributed by atoms with Gasteiger partial charge in [-0.05, 0) is 18.2 Å². The molecule has 0 aliphatic heterocycles. The number of rotatable bonds is 4. The second-order valence-corrected chi connectivity index (χ2v) is 3.46. The number of hydrogen-bond donors (Lipinski definition) is 2. The van der Waals surface area contributed by atoms with Crippen molar-refractivity contribution in [3.63, 3.8) is 0 Å². The first kappa shape index (κ1) is 11.4. The molecule has 0 aliphatic carbocycles. The molecular weight excluding hydrogens is 220 g/mol. The van der Waals surface area contributed by atoms with Crippen molar-refractivity contribution in [3.8, 4) is 11.5 Å². The van der Waals surface area contributed by atoms with Crippen LogP contribution in [0, 0.1) is 0 Å². The minimum absolute atomic E-state index is 0.428. The molecule has 0 amide bonds. The second-order valence-electron chi connectivity index (χ2n) is 3.46. The largest absolute Gasteiger partial charge is 0.497 e. The maximum atomic E-state index is 6.09. The number of aromatic nitrogens is 3. The van der Waals surface area contributed by atoms with E-state index in [1.165, 1.54) is 6.33 Å². The fourth-order valence-corrected chi connectivity index (χ4v) is 1.59. The Bertz CT molecular complexity index is 484. The van der Waals surface area contributed by atoms with E-state index in [2.05, 4.69) is 15.2 Å². The molecule has 0 saturated carbocycles. The molecule has 0 radical (unpaired) electrons. The van der Waals surface area contributed by atoms with E-state index in [-0.39, 0.29) is 0 Å². The van der Waals surface area contributed by atoms with Crippen molar-refractivity contribution < 1.29 is 9.47 Å². The molecule has 3 N–H and O–H groups in total. The number of hydrogen-bond acceptors (Lipinski definition) is 5. The average molecular weight is 234 g/mol. The Morgan fingerprint density at radius 2 is 2.12 bits per heavy atom. The van der Waals surface area contributed by atoms with E-state index in [1.54, 1.807) is 14.2 Å². The highest BCUT2D eigenvalue weighted by Crippen LogP contribution is 2.30. The summed E-state index contributed by atoms with van der Waals surface area (Å²) in [6, 6.07) is 5.02. The van der Waals surface area contributed by atoms with E-state index >= 15 is 0 Å². The smallest absolute Gasteiger partial charge is 0.145 e.